The second-order valence-corrected chi connectivity index (χ2v) is 5.11. The molecular weight excluding hydrogens is 285 g/mol. The fraction of sp³-hybridized carbons (Fsp3) is 0.538. The zero-order chi connectivity index (χ0) is 12.7. The van der Waals surface area contributed by atoms with E-state index in [2.05, 4.69) is 35.1 Å². The maximum absolute atomic E-state index is 13.4. The summed E-state index contributed by atoms with van der Waals surface area (Å²) in [5.74, 6) is 0.351. The maximum Gasteiger partial charge on any atom is 0.165 e. The number of nitrogens with one attached hydrogen (secondary N) is 1. The molecule has 2 nitrogen and oxygen atoms in total. The summed E-state index contributed by atoms with van der Waals surface area (Å²) in [6.07, 6.45) is 1.12. The van der Waals surface area contributed by atoms with Crippen LogP contribution in [0.5, 0.6) is 5.75 Å². The highest BCUT2D eigenvalue weighted by molar-refractivity contribution is 9.10. The lowest BCUT2D eigenvalue weighted by Gasteiger charge is -2.14. The summed E-state index contributed by atoms with van der Waals surface area (Å²) < 4.78 is 19.7. The highest BCUT2D eigenvalue weighted by Gasteiger charge is 2.07. The Bertz CT molecular complexity index is 346. The monoisotopic (exact) mass is 303 g/mol. The molecule has 96 valence electrons. The van der Waals surface area contributed by atoms with Gasteiger partial charge < -0.3 is 10.1 Å². The van der Waals surface area contributed by atoms with Crippen LogP contribution in [-0.2, 0) is 0 Å². The van der Waals surface area contributed by atoms with Gasteiger partial charge in [0.2, 0.25) is 0 Å². The zero-order valence-corrected chi connectivity index (χ0v) is 11.9. The highest BCUT2D eigenvalue weighted by atomic mass is 79.9. The van der Waals surface area contributed by atoms with Crippen molar-refractivity contribution in [2.24, 2.45) is 5.92 Å². The Balaban J connectivity index is 2.36. The van der Waals surface area contributed by atoms with Gasteiger partial charge >= 0.3 is 0 Å². The maximum atomic E-state index is 13.4. The standard InChI is InChI=1S/C13H19BrFNO/c1-3-6-16-8-10(2)9-17-13-7-11(14)4-5-12(13)15/h4-5,7,10,16H,3,6,8-9H2,1-2H3. The number of rotatable bonds is 7. The van der Waals surface area contributed by atoms with Crippen LogP contribution in [-0.4, -0.2) is 19.7 Å². The molecule has 0 aromatic heterocycles. The fourth-order valence-corrected chi connectivity index (χ4v) is 1.74. The minimum atomic E-state index is -0.318. The van der Waals surface area contributed by atoms with E-state index < -0.39 is 0 Å². The molecule has 0 heterocycles. The molecule has 0 aliphatic rings. The summed E-state index contributed by atoms with van der Waals surface area (Å²) >= 11 is 3.30. The molecule has 0 aliphatic heterocycles. The third-order valence-corrected chi connectivity index (χ3v) is 2.83. The third kappa shape index (κ3) is 5.50. The molecule has 17 heavy (non-hydrogen) atoms. The SMILES string of the molecule is CCCNCC(C)COc1cc(Br)ccc1F. The van der Waals surface area contributed by atoms with Crippen molar-refractivity contribution in [1.82, 2.24) is 5.32 Å². The van der Waals surface area contributed by atoms with Crippen LogP contribution < -0.4 is 10.1 Å². The van der Waals surface area contributed by atoms with Crippen LogP contribution in [0.25, 0.3) is 0 Å². The summed E-state index contributed by atoms with van der Waals surface area (Å²) in [6.45, 7) is 6.63. The van der Waals surface area contributed by atoms with E-state index in [4.69, 9.17) is 4.74 Å². The molecule has 1 N–H and O–H groups in total. The van der Waals surface area contributed by atoms with Gasteiger partial charge in [0.1, 0.15) is 0 Å². The van der Waals surface area contributed by atoms with Gasteiger partial charge in [0.15, 0.2) is 11.6 Å². The molecule has 0 amide bonds. The van der Waals surface area contributed by atoms with E-state index in [1.807, 2.05) is 0 Å². The van der Waals surface area contributed by atoms with Crippen molar-refractivity contribution in [3.63, 3.8) is 0 Å². The van der Waals surface area contributed by atoms with Crippen molar-refractivity contribution in [3.05, 3.63) is 28.5 Å². The average molecular weight is 304 g/mol. The second kappa shape index (κ2) is 7.67. The minimum absolute atomic E-state index is 0.307. The van der Waals surface area contributed by atoms with Crippen LogP contribution in [0.4, 0.5) is 4.39 Å². The van der Waals surface area contributed by atoms with Gasteiger partial charge in [0, 0.05) is 16.9 Å². The van der Waals surface area contributed by atoms with E-state index in [9.17, 15) is 4.39 Å². The minimum Gasteiger partial charge on any atom is -0.490 e. The van der Waals surface area contributed by atoms with E-state index in [-0.39, 0.29) is 5.82 Å². The number of benzene rings is 1. The molecule has 1 atom stereocenters. The van der Waals surface area contributed by atoms with Crippen molar-refractivity contribution >= 4 is 15.9 Å². The van der Waals surface area contributed by atoms with Gasteiger partial charge in [-0.25, -0.2) is 4.39 Å². The number of hydrogen-bond donors (Lipinski definition) is 1. The Hall–Kier alpha value is -0.610. The molecule has 0 bridgehead atoms. The average Bonchev–Trinajstić information content (AvgIpc) is 2.31. The zero-order valence-electron chi connectivity index (χ0n) is 10.3. The summed E-state index contributed by atoms with van der Waals surface area (Å²) in [7, 11) is 0. The normalized spacial score (nSPS) is 12.5. The Morgan fingerprint density at radius 2 is 2.24 bits per heavy atom. The first kappa shape index (κ1) is 14.5. The first-order chi connectivity index (χ1) is 8.13. The molecule has 0 spiro atoms. The molecule has 0 aliphatic carbocycles. The van der Waals surface area contributed by atoms with E-state index in [1.54, 1.807) is 12.1 Å². The topological polar surface area (TPSA) is 21.3 Å². The molecule has 0 saturated heterocycles. The lowest BCUT2D eigenvalue weighted by molar-refractivity contribution is 0.245. The molecule has 0 radical (unpaired) electrons. The summed E-state index contributed by atoms with van der Waals surface area (Å²) in [6, 6.07) is 4.72. The Labute approximate surface area is 111 Å². The van der Waals surface area contributed by atoms with Gasteiger partial charge in [-0.1, -0.05) is 29.8 Å². The first-order valence-electron chi connectivity index (χ1n) is 5.92. The highest BCUT2D eigenvalue weighted by Crippen LogP contribution is 2.22. The molecule has 0 fully saturated rings. The number of ether oxygens (including phenoxy) is 1. The third-order valence-electron chi connectivity index (χ3n) is 2.34. The van der Waals surface area contributed by atoms with Crippen LogP contribution in [0.3, 0.4) is 0 Å². The molecule has 4 heteroatoms. The number of hydrogen-bond acceptors (Lipinski definition) is 2. The molecule has 1 aromatic rings. The van der Waals surface area contributed by atoms with E-state index in [1.165, 1.54) is 6.07 Å². The predicted octanol–water partition coefficient (Wildman–Crippen LogP) is 3.60. The molecule has 1 rings (SSSR count). The molecular formula is C13H19BrFNO. The van der Waals surface area contributed by atoms with Crippen LogP contribution >= 0.6 is 15.9 Å². The van der Waals surface area contributed by atoms with Gasteiger partial charge in [-0.3, -0.25) is 0 Å². The van der Waals surface area contributed by atoms with E-state index in [0.717, 1.165) is 24.0 Å². The Morgan fingerprint density at radius 1 is 1.47 bits per heavy atom. The predicted molar refractivity (Wildman–Crippen MR) is 71.9 cm³/mol. The quantitative estimate of drug-likeness (QED) is 0.777. The van der Waals surface area contributed by atoms with E-state index in [0.29, 0.717) is 18.3 Å². The lowest BCUT2D eigenvalue weighted by Crippen LogP contribution is -2.25. The van der Waals surface area contributed by atoms with Crippen LogP contribution in [0.15, 0.2) is 22.7 Å². The van der Waals surface area contributed by atoms with Crippen molar-refractivity contribution < 1.29 is 9.13 Å². The lowest BCUT2D eigenvalue weighted by atomic mass is 10.2. The van der Waals surface area contributed by atoms with Crippen LogP contribution in [0.1, 0.15) is 20.3 Å². The van der Waals surface area contributed by atoms with Gasteiger partial charge in [-0.2, -0.15) is 0 Å². The fourth-order valence-electron chi connectivity index (χ4n) is 1.40. The largest absolute Gasteiger partial charge is 0.490 e. The van der Waals surface area contributed by atoms with Crippen LogP contribution in [0.2, 0.25) is 0 Å². The summed E-state index contributed by atoms with van der Waals surface area (Å²) in [5, 5.41) is 3.31. The summed E-state index contributed by atoms with van der Waals surface area (Å²) in [5.41, 5.74) is 0. The van der Waals surface area contributed by atoms with Crippen molar-refractivity contribution in [1.29, 1.82) is 0 Å². The Kier molecular flexibility index (Phi) is 6.52. The van der Waals surface area contributed by atoms with Crippen molar-refractivity contribution in [2.45, 2.75) is 20.3 Å². The molecule has 1 unspecified atom stereocenters. The van der Waals surface area contributed by atoms with Gasteiger partial charge in [0.25, 0.3) is 0 Å². The summed E-state index contributed by atoms with van der Waals surface area (Å²) in [4.78, 5) is 0. The van der Waals surface area contributed by atoms with E-state index >= 15 is 0 Å². The van der Waals surface area contributed by atoms with Crippen molar-refractivity contribution in [3.8, 4) is 5.75 Å². The molecule has 0 saturated carbocycles. The van der Waals surface area contributed by atoms with Gasteiger partial charge in [0.05, 0.1) is 6.61 Å². The van der Waals surface area contributed by atoms with Crippen molar-refractivity contribution in [2.75, 3.05) is 19.7 Å². The molecule has 1 aromatic carbocycles. The second-order valence-electron chi connectivity index (χ2n) is 4.20. The van der Waals surface area contributed by atoms with Gasteiger partial charge in [-0.05, 0) is 31.2 Å². The van der Waals surface area contributed by atoms with Crippen LogP contribution in [0, 0.1) is 11.7 Å². The smallest absolute Gasteiger partial charge is 0.165 e. The first-order valence-corrected chi connectivity index (χ1v) is 6.71. The number of halogens is 2. The van der Waals surface area contributed by atoms with Gasteiger partial charge in [-0.15, -0.1) is 0 Å². The Morgan fingerprint density at radius 3 is 2.94 bits per heavy atom.